The largest absolute Gasteiger partial charge is 0.396 e. The number of carbonyl (C=O) groups excluding carboxylic acids is 1. The van der Waals surface area contributed by atoms with Crippen LogP contribution in [0.4, 0.5) is 10.7 Å². The van der Waals surface area contributed by atoms with Crippen molar-refractivity contribution in [2.75, 3.05) is 17.6 Å². The number of rotatable bonds is 6. The zero-order valence-corrected chi connectivity index (χ0v) is 13.2. The second-order valence-electron chi connectivity index (χ2n) is 5.09. The average Bonchev–Trinajstić information content (AvgIpc) is 2.72. The summed E-state index contributed by atoms with van der Waals surface area (Å²) in [4.78, 5) is 12.4. The summed E-state index contributed by atoms with van der Waals surface area (Å²) >= 11 is 1.24. The first kappa shape index (κ1) is 16.3. The molecule has 1 amide bonds. The minimum absolute atomic E-state index is 0.201. The summed E-state index contributed by atoms with van der Waals surface area (Å²) in [6.07, 6.45) is 0.859. The number of carbonyl (C=O) groups is 1. The number of hydrogen-bond donors (Lipinski definition) is 3. The standard InChI is InChI=1S/C14H22N4OS/c1-5-6-17-13(19)12-11(16)10(7-15)14(20-12)18-9(4)8(2)3/h8-9,18H,5-6,16H2,1-4H3,(H,17,19). The summed E-state index contributed by atoms with van der Waals surface area (Å²) in [6, 6.07) is 2.28. The molecule has 1 unspecified atom stereocenters. The molecule has 0 bridgehead atoms. The van der Waals surface area contributed by atoms with E-state index in [4.69, 9.17) is 5.73 Å². The van der Waals surface area contributed by atoms with Crippen LogP contribution in [0.1, 0.15) is 49.4 Å². The number of nitrogens with zero attached hydrogens (tertiary/aromatic N) is 1. The van der Waals surface area contributed by atoms with Gasteiger partial charge in [-0.05, 0) is 19.3 Å². The molecule has 20 heavy (non-hydrogen) atoms. The lowest BCUT2D eigenvalue weighted by atomic mass is 10.1. The number of hydrogen-bond acceptors (Lipinski definition) is 5. The Kier molecular flexibility index (Phi) is 5.83. The molecule has 0 spiro atoms. The van der Waals surface area contributed by atoms with Crippen LogP contribution in [0.15, 0.2) is 0 Å². The molecule has 1 atom stereocenters. The number of thiophene rings is 1. The van der Waals surface area contributed by atoms with E-state index in [2.05, 4.69) is 30.6 Å². The summed E-state index contributed by atoms with van der Waals surface area (Å²) < 4.78 is 0. The van der Waals surface area contributed by atoms with Crippen LogP contribution in [0.5, 0.6) is 0 Å². The van der Waals surface area contributed by atoms with E-state index in [0.29, 0.717) is 27.9 Å². The van der Waals surface area contributed by atoms with Crippen LogP contribution in [0, 0.1) is 17.2 Å². The Balaban J connectivity index is 3.03. The summed E-state index contributed by atoms with van der Waals surface area (Å²) in [5.41, 5.74) is 6.56. The normalized spacial score (nSPS) is 12.0. The number of nitrogens with one attached hydrogen (secondary N) is 2. The Labute approximate surface area is 124 Å². The van der Waals surface area contributed by atoms with Gasteiger partial charge in [-0.2, -0.15) is 5.26 Å². The highest BCUT2D eigenvalue weighted by molar-refractivity contribution is 7.18. The van der Waals surface area contributed by atoms with E-state index in [9.17, 15) is 10.1 Å². The average molecular weight is 294 g/mol. The maximum absolute atomic E-state index is 12.0. The van der Waals surface area contributed by atoms with Crippen LogP contribution < -0.4 is 16.4 Å². The fraction of sp³-hybridized carbons (Fsp3) is 0.571. The molecule has 0 aliphatic carbocycles. The zero-order chi connectivity index (χ0) is 15.3. The predicted molar refractivity (Wildman–Crippen MR) is 84.0 cm³/mol. The molecule has 1 rings (SSSR count). The van der Waals surface area contributed by atoms with Crippen molar-refractivity contribution in [3.63, 3.8) is 0 Å². The van der Waals surface area contributed by atoms with Crippen molar-refractivity contribution in [1.82, 2.24) is 5.32 Å². The summed E-state index contributed by atoms with van der Waals surface area (Å²) in [6.45, 7) is 8.81. The minimum Gasteiger partial charge on any atom is -0.396 e. The molecule has 0 saturated heterocycles. The Hall–Kier alpha value is -1.74. The number of nitrogens with two attached hydrogens (primary N) is 1. The lowest BCUT2D eigenvalue weighted by Gasteiger charge is -2.17. The Morgan fingerprint density at radius 1 is 1.45 bits per heavy atom. The first-order valence-corrected chi connectivity index (χ1v) is 7.61. The fourth-order valence-corrected chi connectivity index (χ4v) is 2.60. The van der Waals surface area contributed by atoms with Crippen molar-refractivity contribution in [1.29, 1.82) is 5.26 Å². The third-order valence-electron chi connectivity index (χ3n) is 3.16. The van der Waals surface area contributed by atoms with Gasteiger partial charge in [-0.1, -0.05) is 20.8 Å². The van der Waals surface area contributed by atoms with E-state index in [1.807, 2.05) is 13.8 Å². The van der Waals surface area contributed by atoms with E-state index in [1.54, 1.807) is 0 Å². The van der Waals surface area contributed by atoms with E-state index in [0.717, 1.165) is 6.42 Å². The third kappa shape index (κ3) is 3.64. The number of amides is 1. The van der Waals surface area contributed by atoms with Crippen LogP contribution in [0.3, 0.4) is 0 Å². The van der Waals surface area contributed by atoms with Crippen LogP contribution in [-0.4, -0.2) is 18.5 Å². The first-order chi connectivity index (χ1) is 9.42. The van der Waals surface area contributed by atoms with E-state index >= 15 is 0 Å². The van der Waals surface area contributed by atoms with Gasteiger partial charge in [-0.3, -0.25) is 4.79 Å². The highest BCUT2D eigenvalue weighted by atomic mass is 32.1. The summed E-state index contributed by atoms with van der Waals surface area (Å²) in [7, 11) is 0. The van der Waals surface area contributed by atoms with Crippen molar-refractivity contribution in [2.24, 2.45) is 5.92 Å². The SMILES string of the molecule is CCCNC(=O)c1sc(NC(C)C(C)C)c(C#N)c1N. The Morgan fingerprint density at radius 3 is 2.60 bits per heavy atom. The quantitative estimate of drug-likeness (QED) is 0.752. The van der Waals surface area contributed by atoms with Gasteiger partial charge in [0.05, 0.1) is 5.69 Å². The molecule has 5 nitrogen and oxygen atoms in total. The monoisotopic (exact) mass is 294 g/mol. The summed E-state index contributed by atoms with van der Waals surface area (Å²) in [5.74, 6) is 0.207. The zero-order valence-electron chi connectivity index (χ0n) is 12.4. The van der Waals surface area contributed by atoms with Crippen molar-refractivity contribution < 1.29 is 4.79 Å². The molecular weight excluding hydrogens is 272 g/mol. The first-order valence-electron chi connectivity index (χ1n) is 6.79. The van der Waals surface area contributed by atoms with Crippen LogP contribution in [-0.2, 0) is 0 Å². The molecule has 1 heterocycles. The minimum atomic E-state index is -0.212. The lowest BCUT2D eigenvalue weighted by molar-refractivity contribution is 0.0958. The van der Waals surface area contributed by atoms with Gasteiger partial charge in [0.1, 0.15) is 21.5 Å². The molecule has 4 N–H and O–H groups in total. The van der Waals surface area contributed by atoms with Crippen LogP contribution in [0.2, 0.25) is 0 Å². The van der Waals surface area contributed by atoms with Gasteiger partial charge in [-0.25, -0.2) is 0 Å². The number of nitriles is 1. The number of nitrogen functional groups attached to an aromatic ring is 1. The summed E-state index contributed by atoms with van der Waals surface area (Å²) in [5, 5.41) is 16.0. The smallest absolute Gasteiger partial charge is 0.263 e. The Bertz CT molecular complexity index is 516. The second kappa shape index (κ2) is 7.15. The van der Waals surface area contributed by atoms with E-state index in [-0.39, 0.29) is 17.6 Å². The van der Waals surface area contributed by atoms with Gasteiger partial charge in [0.15, 0.2) is 0 Å². The maximum Gasteiger partial charge on any atom is 0.263 e. The molecule has 6 heteroatoms. The predicted octanol–water partition coefficient (Wildman–Crippen LogP) is 2.80. The highest BCUT2D eigenvalue weighted by Crippen LogP contribution is 2.35. The molecule has 1 aromatic rings. The van der Waals surface area contributed by atoms with Gasteiger partial charge in [0, 0.05) is 12.6 Å². The third-order valence-corrected chi connectivity index (χ3v) is 4.29. The lowest BCUT2D eigenvalue weighted by Crippen LogP contribution is -2.23. The van der Waals surface area contributed by atoms with E-state index < -0.39 is 0 Å². The molecule has 1 aromatic heterocycles. The van der Waals surface area contributed by atoms with Crippen molar-refractivity contribution >= 4 is 27.9 Å². The fourth-order valence-electron chi connectivity index (χ4n) is 1.52. The molecule has 0 radical (unpaired) electrons. The maximum atomic E-state index is 12.0. The van der Waals surface area contributed by atoms with Gasteiger partial charge >= 0.3 is 0 Å². The van der Waals surface area contributed by atoms with Crippen LogP contribution in [0.25, 0.3) is 0 Å². The van der Waals surface area contributed by atoms with Crippen molar-refractivity contribution in [3.05, 3.63) is 10.4 Å². The van der Waals surface area contributed by atoms with E-state index in [1.165, 1.54) is 11.3 Å². The molecule has 110 valence electrons. The van der Waals surface area contributed by atoms with Crippen molar-refractivity contribution in [3.8, 4) is 6.07 Å². The van der Waals surface area contributed by atoms with Gasteiger partial charge in [-0.15, -0.1) is 11.3 Å². The molecule has 0 saturated carbocycles. The van der Waals surface area contributed by atoms with Gasteiger partial charge in [0.2, 0.25) is 0 Å². The molecule has 0 aliphatic heterocycles. The highest BCUT2D eigenvalue weighted by Gasteiger charge is 2.22. The number of anilines is 2. The Morgan fingerprint density at radius 2 is 2.10 bits per heavy atom. The molecule has 0 aromatic carbocycles. The van der Waals surface area contributed by atoms with Gasteiger partial charge < -0.3 is 16.4 Å². The van der Waals surface area contributed by atoms with Gasteiger partial charge in [0.25, 0.3) is 5.91 Å². The topological polar surface area (TPSA) is 90.9 Å². The second-order valence-corrected chi connectivity index (χ2v) is 6.11. The molecular formula is C14H22N4OS. The van der Waals surface area contributed by atoms with Crippen LogP contribution >= 0.6 is 11.3 Å². The molecule has 0 aliphatic rings. The molecule has 0 fully saturated rings. The van der Waals surface area contributed by atoms with Crippen molar-refractivity contribution in [2.45, 2.75) is 40.2 Å².